The van der Waals surface area contributed by atoms with Gasteiger partial charge in [-0.2, -0.15) is 0 Å². The van der Waals surface area contributed by atoms with Crippen LogP contribution in [0.4, 0.5) is 10.1 Å². The molecule has 2 saturated heterocycles. The summed E-state index contributed by atoms with van der Waals surface area (Å²) in [5.74, 6) is -0.503. The van der Waals surface area contributed by atoms with Crippen LogP contribution >= 0.6 is 0 Å². The maximum Gasteiger partial charge on any atom is 0.303 e. The molecule has 0 saturated carbocycles. The first-order valence-electron chi connectivity index (χ1n) is 9.74. The van der Waals surface area contributed by atoms with E-state index in [2.05, 4.69) is 4.90 Å². The van der Waals surface area contributed by atoms with Crippen molar-refractivity contribution in [1.29, 1.82) is 0 Å². The summed E-state index contributed by atoms with van der Waals surface area (Å²) in [4.78, 5) is 29.4. The molecule has 0 aromatic heterocycles. The summed E-state index contributed by atoms with van der Waals surface area (Å²) in [5.41, 5.74) is 0.599. The zero-order chi connectivity index (χ0) is 19.2. The van der Waals surface area contributed by atoms with Gasteiger partial charge in [0.05, 0.1) is 12.2 Å². The lowest BCUT2D eigenvalue weighted by Crippen LogP contribution is -2.52. The molecule has 1 aromatic rings. The minimum atomic E-state index is -0.754. The number of carbonyl (C=O) groups is 2. The molecule has 0 radical (unpaired) electrons. The van der Waals surface area contributed by atoms with E-state index in [0.29, 0.717) is 50.7 Å². The third-order valence-corrected chi connectivity index (χ3v) is 5.55. The number of hydrogen-bond donors (Lipinski definition) is 1. The number of anilines is 1. The first-order valence-corrected chi connectivity index (χ1v) is 9.74. The Bertz CT molecular complexity index is 662. The van der Waals surface area contributed by atoms with Gasteiger partial charge in [-0.25, -0.2) is 4.39 Å². The van der Waals surface area contributed by atoms with Gasteiger partial charge in [0.15, 0.2) is 0 Å². The minimum Gasteiger partial charge on any atom is -0.481 e. The average Bonchev–Trinajstić information content (AvgIpc) is 2.67. The lowest BCUT2D eigenvalue weighted by molar-refractivity contribution is -0.138. The van der Waals surface area contributed by atoms with E-state index in [1.54, 1.807) is 12.1 Å². The van der Waals surface area contributed by atoms with Crippen LogP contribution in [-0.2, 0) is 9.59 Å². The zero-order valence-electron chi connectivity index (χ0n) is 15.6. The van der Waals surface area contributed by atoms with Gasteiger partial charge in [-0.05, 0) is 43.9 Å². The van der Waals surface area contributed by atoms with Gasteiger partial charge >= 0.3 is 5.97 Å². The molecule has 6 nitrogen and oxygen atoms in total. The second-order valence-electron chi connectivity index (χ2n) is 7.50. The molecule has 27 heavy (non-hydrogen) atoms. The Morgan fingerprint density at radius 3 is 2.56 bits per heavy atom. The number of aliphatic carboxylic acids is 1. The Hall–Kier alpha value is -2.15. The molecule has 0 bridgehead atoms. The summed E-state index contributed by atoms with van der Waals surface area (Å²) in [6, 6.07) is 6.75. The number of piperazine rings is 1. The molecular formula is C20H28FN3O3. The van der Waals surface area contributed by atoms with Crippen molar-refractivity contribution in [3.05, 3.63) is 30.1 Å². The van der Waals surface area contributed by atoms with Gasteiger partial charge in [0.1, 0.15) is 5.82 Å². The molecule has 2 aliphatic heterocycles. The number of carboxylic acids is 1. The predicted molar refractivity (Wildman–Crippen MR) is 101 cm³/mol. The van der Waals surface area contributed by atoms with Crippen LogP contribution in [0.15, 0.2) is 24.3 Å². The topological polar surface area (TPSA) is 64.1 Å². The third kappa shape index (κ3) is 5.42. The second-order valence-corrected chi connectivity index (χ2v) is 7.50. The Balaban J connectivity index is 1.45. The summed E-state index contributed by atoms with van der Waals surface area (Å²) >= 11 is 0. The van der Waals surface area contributed by atoms with Crippen LogP contribution in [0.25, 0.3) is 0 Å². The molecule has 148 valence electrons. The van der Waals surface area contributed by atoms with Crippen molar-refractivity contribution in [2.45, 2.75) is 25.7 Å². The molecule has 1 amide bonds. The molecule has 2 heterocycles. The van der Waals surface area contributed by atoms with E-state index in [1.807, 2.05) is 15.9 Å². The van der Waals surface area contributed by atoms with Gasteiger partial charge in [-0.15, -0.1) is 0 Å². The molecule has 2 aliphatic rings. The summed E-state index contributed by atoms with van der Waals surface area (Å²) in [6.45, 7) is 4.55. The van der Waals surface area contributed by atoms with E-state index in [1.165, 1.54) is 6.07 Å². The lowest BCUT2D eigenvalue weighted by Gasteiger charge is -2.38. The molecule has 3 rings (SSSR count). The summed E-state index contributed by atoms with van der Waals surface area (Å²) < 4.78 is 13.9. The van der Waals surface area contributed by atoms with Crippen molar-refractivity contribution in [3.63, 3.8) is 0 Å². The number of carbonyl (C=O) groups excluding carboxylic acids is 1. The van der Waals surface area contributed by atoms with Crippen LogP contribution in [0.5, 0.6) is 0 Å². The Morgan fingerprint density at radius 1 is 1.11 bits per heavy atom. The maximum atomic E-state index is 13.9. The van der Waals surface area contributed by atoms with E-state index in [0.717, 1.165) is 25.9 Å². The number of hydrogen-bond acceptors (Lipinski definition) is 4. The molecular weight excluding hydrogens is 349 g/mol. The Labute approximate surface area is 159 Å². The van der Waals surface area contributed by atoms with Crippen LogP contribution in [0.1, 0.15) is 25.7 Å². The number of piperidine rings is 1. The highest BCUT2D eigenvalue weighted by molar-refractivity contribution is 5.78. The van der Waals surface area contributed by atoms with Crippen LogP contribution in [0, 0.1) is 11.7 Å². The molecule has 1 unspecified atom stereocenters. The average molecular weight is 377 g/mol. The van der Waals surface area contributed by atoms with Crippen LogP contribution < -0.4 is 4.90 Å². The van der Waals surface area contributed by atoms with Gasteiger partial charge in [0, 0.05) is 39.1 Å². The minimum absolute atomic E-state index is 0.113. The SMILES string of the molecule is O=C(O)CCC1CCCN(CC(=O)N2CCN(c3ccccc3F)CC2)C1. The fourth-order valence-corrected chi connectivity index (χ4v) is 4.05. The zero-order valence-corrected chi connectivity index (χ0v) is 15.6. The van der Waals surface area contributed by atoms with Crippen molar-refractivity contribution in [2.24, 2.45) is 5.92 Å². The van der Waals surface area contributed by atoms with Crippen molar-refractivity contribution in [2.75, 3.05) is 50.7 Å². The molecule has 7 heteroatoms. The summed E-state index contributed by atoms with van der Waals surface area (Å²) in [6.07, 6.45) is 2.93. The van der Waals surface area contributed by atoms with Crippen molar-refractivity contribution >= 4 is 17.6 Å². The van der Waals surface area contributed by atoms with Crippen LogP contribution in [-0.4, -0.2) is 72.6 Å². The Kier molecular flexibility index (Phi) is 6.66. The normalized spacial score (nSPS) is 21.3. The van der Waals surface area contributed by atoms with Crippen molar-refractivity contribution in [1.82, 2.24) is 9.80 Å². The standard InChI is InChI=1S/C20H28FN3O3/c21-17-5-1-2-6-18(17)23-10-12-24(13-11-23)19(25)15-22-9-3-4-16(14-22)7-8-20(26)27/h1-2,5-6,16H,3-4,7-15H2,(H,26,27). The van der Waals surface area contributed by atoms with Crippen molar-refractivity contribution < 1.29 is 19.1 Å². The van der Waals surface area contributed by atoms with Crippen LogP contribution in [0.3, 0.4) is 0 Å². The fourth-order valence-electron chi connectivity index (χ4n) is 4.05. The summed E-state index contributed by atoms with van der Waals surface area (Å²) in [7, 11) is 0. The first-order chi connectivity index (χ1) is 13.0. The van der Waals surface area contributed by atoms with E-state index >= 15 is 0 Å². The number of rotatable bonds is 6. The van der Waals surface area contributed by atoms with E-state index in [9.17, 15) is 14.0 Å². The monoisotopic (exact) mass is 377 g/mol. The number of likely N-dealkylation sites (tertiary alicyclic amines) is 1. The van der Waals surface area contributed by atoms with E-state index in [-0.39, 0.29) is 18.1 Å². The maximum absolute atomic E-state index is 13.9. The lowest BCUT2D eigenvalue weighted by atomic mass is 9.93. The van der Waals surface area contributed by atoms with E-state index < -0.39 is 5.97 Å². The van der Waals surface area contributed by atoms with Gasteiger partial charge < -0.3 is 14.9 Å². The molecule has 0 aliphatic carbocycles. The largest absolute Gasteiger partial charge is 0.481 e. The number of carboxylic acid groups (broad SMARTS) is 1. The molecule has 1 aromatic carbocycles. The highest BCUT2D eigenvalue weighted by Gasteiger charge is 2.26. The van der Waals surface area contributed by atoms with Gasteiger partial charge in [-0.3, -0.25) is 14.5 Å². The quantitative estimate of drug-likeness (QED) is 0.822. The fraction of sp³-hybridized carbons (Fsp3) is 0.600. The number of halogens is 1. The highest BCUT2D eigenvalue weighted by Crippen LogP contribution is 2.22. The van der Waals surface area contributed by atoms with E-state index in [4.69, 9.17) is 5.11 Å². The third-order valence-electron chi connectivity index (χ3n) is 5.55. The highest BCUT2D eigenvalue weighted by atomic mass is 19.1. The molecule has 1 N–H and O–H groups in total. The van der Waals surface area contributed by atoms with Gasteiger partial charge in [0.2, 0.25) is 5.91 Å². The van der Waals surface area contributed by atoms with Crippen LogP contribution in [0.2, 0.25) is 0 Å². The summed E-state index contributed by atoms with van der Waals surface area (Å²) in [5, 5.41) is 8.84. The number of amides is 1. The van der Waals surface area contributed by atoms with Crippen molar-refractivity contribution in [3.8, 4) is 0 Å². The smallest absolute Gasteiger partial charge is 0.303 e. The predicted octanol–water partition coefficient (Wildman–Crippen LogP) is 2.05. The number of para-hydroxylation sites is 1. The Morgan fingerprint density at radius 2 is 1.85 bits per heavy atom. The van der Waals surface area contributed by atoms with Gasteiger partial charge in [-0.1, -0.05) is 12.1 Å². The van der Waals surface area contributed by atoms with Gasteiger partial charge in [0.25, 0.3) is 0 Å². The second kappa shape index (κ2) is 9.17. The molecule has 0 spiro atoms. The molecule has 1 atom stereocenters. The number of benzene rings is 1. The number of nitrogens with zero attached hydrogens (tertiary/aromatic N) is 3. The first kappa shape index (κ1) is 19.6. The molecule has 2 fully saturated rings.